The molecule has 2 fully saturated rings. The Bertz CT molecular complexity index is 1400. The van der Waals surface area contributed by atoms with Crippen LogP contribution in [0.3, 0.4) is 0 Å². The van der Waals surface area contributed by atoms with E-state index in [9.17, 15) is 9.59 Å². The lowest BCUT2D eigenvalue weighted by Crippen LogP contribution is -2.43. The molecule has 2 aliphatic rings. The fourth-order valence-electron chi connectivity index (χ4n) is 4.36. The second-order valence-electron chi connectivity index (χ2n) is 8.31. The van der Waals surface area contributed by atoms with E-state index in [0.29, 0.717) is 10.8 Å². The molecule has 2 N–H and O–H groups in total. The Morgan fingerprint density at radius 3 is 2.70 bits per heavy atom. The fraction of sp³-hybridized carbons (Fsp3) is 0.304. The Labute approximate surface area is 193 Å². The number of para-hydroxylation sites is 2. The topological polar surface area (TPSA) is 97.1 Å². The number of thiazole rings is 1. The van der Waals surface area contributed by atoms with Crippen molar-refractivity contribution in [2.75, 3.05) is 36.4 Å². The Kier molecular flexibility index (Phi) is 4.96. The predicted octanol–water partition coefficient (Wildman–Crippen LogP) is 2.64. The minimum Gasteiger partial charge on any atom is -0.367 e. The zero-order valence-corrected chi connectivity index (χ0v) is 18.7. The summed E-state index contributed by atoms with van der Waals surface area (Å²) in [6.07, 6.45) is 5.42. The lowest BCUT2D eigenvalue weighted by atomic mass is 10.2. The van der Waals surface area contributed by atoms with Gasteiger partial charge in [-0.05, 0) is 31.0 Å². The lowest BCUT2D eigenvalue weighted by Gasteiger charge is -2.30. The molecule has 4 aromatic rings. The molecule has 1 aliphatic carbocycles. The zero-order valence-electron chi connectivity index (χ0n) is 17.9. The van der Waals surface area contributed by atoms with Crippen LogP contribution in [0.15, 0.2) is 52.9 Å². The van der Waals surface area contributed by atoms with Gasteiger partial charge in [0.2, 0.25) is 0 Å². The zero-order chi connectivity index (χ0) is 22.4. The molecule has 0 unspecified atom stereocenters. The third kappa shape index (κ3) is 3.61. The summed E-state index contributed by atoms with van der Waals surface area (Å²) in [6, 6.07) is 9.91. The molecular formula is C23H23N7O2S. The molecule has 0 atom stereocenters. The average Bonchev–Trinajstić information content (AvgIpc) is 3.48. The molecule has 1 aliphatic heterocycles. The van der Waals surface area contributed by atoms with Crippen LogP contribution in [0.1, 0.15) is 29.4 Å². The van der Waals surface area contributed by atoms with Gasteiger partial charge in [-0.25, -0.2) is 14.3 Å². The van der Waals surface area contributed by atoms with Gasteiger partial charge in [-0.1, -0.05) is 12.1 Å². The highest BCUT2D eigenvalue weighted by atomic mass is 32.1. The number of carbonyl (C=O) groups excluding carboxylic acids is 1. The predicted molar refractivity (Wildman–Crippen MR) is 129 cm³/mol. The lowest BCUT2D eigenvalue weighted by molar-refractivity contribution is 0.102. The van der Waals surface area contributed by atoms with Gasteiger partial charge in [-0.2, -0.15) is 0 Å². The van der Waals surface area contributed by atoms with E-state index >= 15 is 0 Å². The molecule has 3 aromatic heterocycles. The first kappa shape index (κ1) is 20.1. The Morgan fingerprint density at radius 2 is 1.91 bits per heavy atom. The van der Waals surface area contributed by atoms with Gasteiger partial charge in [0.15, 0.2) is 5.13 Å². The van der Waals surface area contributed by atoms with Crippen molar-refractivity contribution in [1.29, 1.82) is 0 Å². The first-order valence-corrected chi connectivity index (χ1v) is 12.0. The molecule has 1 saturated heterocycles. The van der Waals surface area contributed by atoms with Crippen LogP contribution in [0.2, 0.25) is 0 Å². The van der Waals surface area contributed by atoms with Gasteiger partial charge in [0, 0.05) is 43.8 Å². The largest absolute Gasteiger partial charge is 0.367 e. The highest BCUT2D eigenvalue weighted by Crippen LogP contribution is 2.36. The van der Waals surface area contributed by atoms with Crippen LogP contribution < -0.4 is 21.2 Å². The van der Waals surface area contributed by atoms with E-state index in [2.05, 4.69) is 25.5 Å². The third-order valence-electron chi connectivity index (χ3n) is 6.11. The van der Waals surface area contributed by atoms with Gasteiger partial charge in [0.1, 0.15) is 5.69 Å². The number of imidazole rings is 1. The van der Waals surface area contributed by atoms with Crippen molar-refractivity contribution in [2.24, 2.45) is 0 Å². The van der Waals surface area contributed by atoms with Gasteiger partial charge >= 0.3 is 5.69 Å². The first-order valence-electron chi connectivity index (χ1n) is 11.1. The quantitative estimate of drug-likeness (QED) is 0.474. The molecule has 10 heteroatoms. The molecule has 0 bridgehead atoms. The van der Waals surface area contributed by atoms with Crippen LogP contribution in [0, 0.1) is 0 Å². The van der Waals surface area contributed by atoms with Crippen molar-refractivity contribution < 1.29 is 4.79 Å². The number of anilines is 2. The standard InChI is InChI=1S/C23H23N7O2S/c31-21(26-16-13-25-8-7-18(16)28-11-9-24-10-12-28)17-14-33-22(27-17)30-20-4-2-1-3-19(20)29(23(30)32)15-5-6-15/h1-4,7-8,13-15,24H,5-6,9-12H2,(H,26,31). The van der Waals surface area contributed by atoms with Crippen LogP contribution in [-0.4, -0.2) is 51.2 Å². The maximum Gasteiger partial charge on any atom is 0.335 e. The first-order chi connectivity index (χ1) is 16.2. The maximum atomic E-state index is 13.2. The van der Waals surface area contributed by atoms with Crippen molar-refractivity contribution in [3.8, 4) is 5.13 Å². The molecule has 33 heavy (non-hydrogen) atoms. The molecule has 1 aromatic carbocycles. The van der Waals surface area contributed by atoms with Crippen molar-refractivity contribution >= 4 is 39.7 Å². The van der Waals surface area contributed by atoms with Crippen LogP contribution in [0.5, 0.6) is 0 Å². The van der Waals surface area contributed by atoms with Crippen molar-refractivity contribution in [1.82, 2.24) is 24.4 Å². The molecule has 0 radical (unpaired) electrons. The van der Waals surface area contributed by atoms with E-state index < -0.39 is 0 Å². The summed E-state index contributed by atoms with van der Waals surface area (Å²) in [5.41, 5.74) is 3.49. The molecule has 6 rings (SSSR count). The second kappa shape index (κ2) is 8.13. The third-order valence-corrected chi connectivity index (χ3v) is 6.94. The monoisotopic (exact) mass is 461 g/mol. The molecule has 1 amide bonds. The Morgan fingerprint density at radius 1 is 1.12 bits per heavy atom. The van der Waals surface area contributed by atoms with Crippen LogP contribution in [0.4, 0.5) is 11.4 Å². The normalized spacial score (nSPS) is 16.3. The summed E-state index contributed by atoms with van der Waals surface area (Å²) in [5, 5.41) is 8.49. The fourth-order valence-corrected chi connectivity index (χ4v) is 5.17. The molecule has 1 saturated carbocycles. The maximum absolute atomic E-state index is 13.2. The number of pyridine rings is 1. The highest BCUT2D eigenvalue weighted by Gasteiger charge is 2.30. The number of nitrogens with one attached hydrogen (secondary N) is 2. The summed E-state index contributed by atoms with van der Waals surface area (Å²) < 4.78 is 3.47. The van der Waals surface area contributed by atoms with E-state index in [-0.39, 0.29) is 23.3 Å². The van der Waals surface area contributed by atoms with Gasteiger partial charge in [-0.15, -0.1) is 11.3 Å². The number of aromatic nitrogens is 4. The second-order valence-corrected chi connectivity index (χ2v) is 9.14. The van der Waals surface area contributed by atoms with E-state index in [1.807, 2.05) is 34.9 Å². The van der Waals surface area contributed by atoms with Gasteiger partial charge in [0.25, 0.3) is 5.91 Å². The summed E-state index contributed by atoms with van der Waals surface area (Å²) in [5.74, 6) is -0.319. The number of nitrogens with zero attached hydrogens (tertiary/aromatic N) is 5. The van der Waals surface area contributed by atoms with E-state index in [1.165, 1.54) is 11.3 Å². The summed E-state index contributed by atoms with van der Waals surface area (Å²) in [6.45, 7) is 3.52. The molecule has 9 nitrogen and oxygen atoms in total. The number of hydrogen-bond acceptors (Lipinski definition) is 7. The molecule has 4 heterocycles. The van der Waals surface area contributed by atoms with Crippen molar-refractivity contribution in [2.45, 2.75) is 18.9 Å². The highest BCUT2D eigenvalue weighted by molar-refractivity contribution is 7.12. The summed E-state index contributed by atoms with van der Waals surface area (Å²) in [4.78, 5) is 37.2. The van der Waals surface area contributed by atoms with E-state index in [0.717, 1.165) is 55.7 Å². The molecule has 0 spiro atoms. The number of fused-ring (bicyclic) bond motifs is 1. The molecule has 168 valence electrons. The van der Waals surface area contributed by atoms with Gasteiger partial charge in [-0.3, -0.25) is 14.3 Å². The van der Waals surface area contributed by atoms with Gasteiger partial charge < -0.3 is 15.5 Å². The Balaban J connectivity index is 1.31. The summed E-state index contributed by atoms with van der Waals surface area (Å²) >= 11 is 1.29. The molecular weight excluding hydrogens is 438 g/mol. The minimum atomic E-state index is -0.319. The minimum absolute atomic E-state index is 0.103. The number of benzene rings is 1. The number of amides is 1. The SMILES string of the molecule is O=C(Nc1cnccc1N1CCNCC1)c1csc(-n2c(=O)n(C3CC3)c3ccccc32)n1. The smallest absolute Gasteiger partial charge is 0.335 e. The van der Waals surface area contributed by atoms with Crippen molar-refractivity contribution in [3.05, 3.63) is 64.3 Å². The number of carbonyl (C=O) groups is 1. The van der Waals surface area contributed by atoms with Crippen LogP contribution in [-0.2, 0) is 0 Å². The van der Waals surface area contributed by atoms with E-state index in [4.69, 9.17) is 0 Å². The van der Waals surface area contributed by atoms with Crippen LogP contribution >= 0.6 is 11.3 Å². The van der Waals surface area contributed by atoms with Crippen LogP contribution in [0.25, 0.3) is 16.2 Å². The Hall–Kier alpha value is -3.50. The average molecular weight is 462 g/mol. The van der Waals surface area contributed by atoms with Crippen molar-refractivity contribution in [3.63, 3.8) is 0 Å². The van der Waals surface area contributed by atoms with E-state index in [1.54, 1.807) is 22.3 Å². The van der Waals surface area contributed by atoms with Gasteiger partial charge in [0.05, 0.1) is 28.6 Å². The number of piperazine rings is 1. The number of hydrogen-bond donors (Lipinski definition) is 2. The number of rotatable bonds is 5. The summed E-state index contributed by atoms with van der Waals surface area (Å²) in [7, 11) is 0.